The number of ether oxygens (including phenoxy) is 1. The fourth-order valence-corrected chi connectivity index (χ4v) is 3.04. The summed E-state index contributed by atoms with van der Waals surface area (Å²) in [4.78, 5) is 16.2. The molecule has 1 aromatic carbocycles. The highest BCUT2D eigenvalue weighted by Gasteiger charge is 2.11. The maximum absolute atomic E-state index is 11.5. The largest absolute Gasteiger partial charge is 0.484 e. The van der Waals surface area contributed by atoms with E-state index in [1.807, 2.05) is 38.1 Å². The zero-order valence-corrected chi connectivity index (χ0v) is 18.3. The van der Waals surface area contributed by atoms with E-state index in [1.54, 1.807) is 0 Å². The highest BCUT2D eigenvalue weighted by Crippen LogP contribution is 2.15. The number of aliphatic hydroxyl groups is 1. The molecule has 0 aliphatic carbocycles. The molecule has 7 nitrogen and oxygen atoms in total. The van der Waals surface area contributed by atoms with Gasteiger partial charge >= 0.3 is 0 Å². The molecular weight excluding hydrogens is 368 g/mol. The Hall–Kier alpha value is -2.28. The third-order valence-corrected chi connectivity index (χ3v) is 4.31. The zero-order valence-electron chi connectivity index (χ0n) is 18.3. The molecule has 0 aromatic heterocycles. The second-order valence-electron chi connectivity index (χ2n) is 7.47. The van der Waals surface area contributed by atoms with Gasteiger partial charge in [0, 0.05) is 26.2 Å². The van der Waals surface area contributed by atoms with Gasteiger partial charge in [-0.1, -0.05) is 26.0 Å². The van der Waals surface area contributed by atoms with Gasteiger partial charge < -0.3 is 25.8 Å². The third kappa shape index (κ3) is 11.3. The number of amides is 1. The van der Waals surface area contributed by atoms with Gasteiger partial charge in [-0.15, -0.1) is 0 Å². The van der Waals surface area contributed by atoms with Crippen molar-refractivity contribution < 1.29 is 14.6 Å². The van der Waals surface area contributed by atoms with Crippen LogP contribution in [0.5, 0.6) is 5.75 Å². The summed E-state index contributed by atoms with van der Waals surface area (Å²) in [6, 6.07) is 7.62. The van der Waals surface area contributed by atoms with Gasteiger partial charge in [-0.3, -0.25) is 4.79 Å². The third-order valence-electron chi connectivity index (χ3n) is 4.31. The van der Waals surface area contributed by atoms with Crippen LogP contribution >= 0.6 is 0 Å². The number of carbonyl (C=O) groups is 1. The van der Waals surface area contributed by atoms with Gasteiger partial charge in [-0.25, -0.2) is 4.99 Å². The number of hydrogen-bond acceptors (Lipinski definition) is 4. The lowest BCUT2D eigenvalue weighted by Gasteiger charge is -2.20. The Morgan fingerprint density at radius 1 is 1.17 bits per heavy atom. The van der Waals surface area contributed by atoms with Crippen molar-refractivity contribution in [2.45, 2.75) is 47.1 Å². The molecule has 1 unspecified atom stereocenters. The van der Waals surface area contributed by atoms with Crippen molar-refractivity contribution in [2.75, 3.05) is 32.8 Å². The Balaban J connectivity index is 2.65. The van der Waals surface area contributed by atoms with Crippen molar-refractivity contribution in [3.8, 4) is 5.75 Å². The van der Waals surface area contributed by atoms with E-state index in [4.69, 9.17) is 4.74 Å². The van der Waals surface area contributed by atoms with Crippen LogP contribution in [0.3, 0.4) is 0 Å². The highest BCUT2D eigenvalue weighted by atomic mass is 16.5. The van der Waals surface area contributed by atoms with Crippen LogP contribution in [0.25, 0.3) is 0 Å². The Kier molecular flexibility index (Phi) is 12.5. The number of carbonyl (C=O) groups excluding carboxylic acids is 1. The fraction of sp³-hybridized carbons (Fsp3) is 0.636. The smallest absolute Gasteiger partial charge is 0.257 e. The molecule has 1 rings (SSSR count). The molecule has 0 saturated carbocycles. The van der Waals surface area contributed by atoms with Crippen molar-refractivity contribution in [1.29, 1.82) is 0 Å². The van der Waals surface area contributed by atoms with E-state index in [0.29, 0.717) is 30.7 Å². The van der Waals surface area contributed by atoms with Crippen molar-refractivity contribution in [3.63, 3.8) is 0 Å². The molecule has 1 aromatic rings. The van der Waals surface area contributed by atoms with E-state index in [1.165, 1.54) is 0 Å². The second-order valence-corrected chi connectivity index (χ2v) is 7.47. The normalized spacial score (nSPS) is 12.6. The summed E-state index contributed by atoms with van der Waals surface area (Å²) in [6.45, 7) is 11.2. The van der Waals surface area contributed by atoms with Gasteiger partial charge in [0.25, 0.3) is 5.91 Å². The summed E-state index contributed by atoms with van der Waals surface area (Å²) in [5.74, 6) is 2.29. The average Bonchev–Trinajstić information content (AvgIpc) is 2.68. The summed E-state index contributed by atoms with van der Waals surface area (Å²) in [6.07, 6.45) is 1.85. The van der Waals surface area contributed by atoms with Gasteiger partial charge in [0.2, 0.25) is 0 Å². The Bertz CT molecular complexity index is 620. The molecule has 1 amide bonds. The van der Waals surface area contributed by atoms with Crippen LogP contribution < -0.4 is 20.7 Å². The van der Waals surface area contributed by atoms with E-state index in [9.17, 15) is 9.90 Å². The van der Waals surface area contributed by atoms with Crippen molar-refractivity contribution in [2.24, 2.45) is 16.8 Å². The van der Waals surface area contributed by atoms with Crippen molar-refractivity contribution >= 4 is 11.9 Å². The monoisotopic (exact) mass is 406 g/mol. The van der Waals surface area contributed by atoms with E-state index in [0.717, 1.165) is 37.5 Å². The first kappa shape index (κ1) is 24.8. The van der Waals surface area contributed by atoms with Gasteiger partial charge in [0.1, 0.15) is 5.75 Å². The van der Waals surface area contributed by atoms with Gasteiger partial charge in [0.05, 0.1) is 6.54 Å². The van der Waals surface area contributed by atoms with E-state index in [2.05, 4.69) is 34.8 Å². The minimum atomic E-state index is -0.131. The lowest BCUT2D eigenvalue weighted by Crippen LogP contribution is -2.40. The maximum Gasteiger partial charge on any atom is 0.257 e. The van der Waals surface area contributed by atoms with Crippen molar-refractivity contribution in [3.05, 3.63) is 29.8 Å². The summed E-state index contributed by atoms with van der Waals surface area (Å²) >= 11 is 0. The SMILES string of the molecule is CCNC(=O)COc1cccc(CN=C(NCC)NCC(CCO)CC(C)C)c1. The van der Waals surface area contributed by atoms with Gasteiger partial charge in [-0.2, -0.15) is 0 Å². The topological polar surface area (TPSA) is 95.0 Å². The summed E-state index contributed by atoms with van der Waals surface area (Å²) in [5.41, 5.74) is 1.00. The fourth-order valence-electron chi connectivity index (χ4n) is 3.04. The van der Waals surface area contributed by atoms with Crippen LogP contribution in [0, 0.1) is 11.8 Å². The molecule has 1 atom stereocenters. The van der Waals surface area contributed by atoms with Crippen LogP contribution in [0.1, 0.15) is 46.1 Å². The quantitative estimate of drug-likeness (QED) is 0.298. The van der Waals surface area contributed by atoms with Gasteiger partial charge in [0.15, 0.2) is 12.6 Å². The number of nitrogens with zero attached hydrogens (tertiary/aromatic N) is 1. The van der Waals surface area contributed by atoms with E-state index in [-0.39, 0.29) is 19.1 Å². The minimum Gasteiger partial charge on any atom is -0.484 e. The molecule has 4 N–H and O–H groups in total. The number of hydrogen-bond donors (Lipinski definition) is 4. The molecule has 0 radical (unpaired) electrons. The number of likely N-dealkylation sites (N-methyl/N-ethyl adjacent to an activating group) is 1. The zero-order chi connectivity index (χ0) is 21.5. The summed E-state index contributed by atoms with van der Waals surface area (Å²) < 4.78 is 5.54. The first-order valence-electron chi connectivity index (χ1n) is 10.6. The molecule has 29 heavy (non-hydrogen) atoms. The lowest BCUT2D eigenvalue weighted by molar-refractivity contribution is -0.122. The van der Waals surface area contributed by atoms with Crippen LogP contribution in [0.4, 0.5) is 0 Å². The number of nitrogens with one attached hydrogen (secondary N) is 3. The minimum absolute atomic E-state index is 0.00680. The molecule has 0 bridgehead atoms. The van der Waals surface area contributed by atoms with E-state index >= 15 is 0 Å². The molecule has 0 saturated heterocycles. The molecular formula is C22H38N4O3. The highest BCUT2D eigenvalue weighted by molar-refractivity contribution is 5.79. The first-order chi connectivity index (χ1) is 14.0. The maximum atomic E-state index is 11.5. The number of aliphatic imine (C=N–C) groups is 1. The Morgan fingerprint density at radius 3 is 2.59 bits per heavy atom. The number of benzene rings is 1. The molecule has 7 heteroatoms. The molecule has 0 aliphatic heterocycles. The van der Waals surface area contributed by atoms with Crippen LogP contribution in [-0.2, 0) is 11.3 Å². The standard InChI is InChI=1S/C22H38N4O3/c1-5-23-21(28)16-29-20-9-7-8-18(13-20)14-25-22(24-6-2)26-15-19(10-11-27)12-17(3)4/h7-9,13,17,19,27H,5-6,10-12,14-16H2,1-4H3,(H,23,28)(H2,24,25,26). The number of guanidine groups is 1. The van der Waals surface area contributed by atoms with Crippen LogP contribution in [-0.4, -0.2) is 49.8 Å². The Morgan fingerprint density at radius 2 is 1.93 bits per heavy atom. The lowest BCUT2D eigenvalue weighted by atomic mass is 9.94. The molecule has 0 fully saturated rings. The van der Waals surface area contributed by atoms with Crippen LogP contribution in [0.15, 0.2) is 29.3 Å². The molecule has 164 valence electrons. The average molecular weight is 407 g/mol. The summed E-state index contributed by atoms with van der Waals surface area (Å²) in [5, 5.41) is 18.7. The van der Waals surface area contributed by atoms with Gasteiger partial charge in [-0.05, 0) is 56.2 Å². The van der Waals surface area contributed by atoms with Crippen LogP contribution in [0.2, 0.25) is 0 Å². The van der Waals surface area contributed by atoms with Crippen molar-refractivity contribution in [1.82, 2.24) is 16.0 Å². The predicted octanol–water partition coefficient (Wildman–Crippen LogP) is 2.30. The number of aliphatic hydroxyl groups excluding tert-OH is 1. The Labute approximate surface area is 175 Å². The predicted molar refractivity (Wildman–Crippen MR) is 118 cm³/mol. The molecule has 0 aliphatic rings. The molecule has 0 spiro atoms. The summed E-state index contributed by atoms with van der Waals surface area (Å²) in [7, 11) is 0. The number of rotatable bonds is 13. The second kappa shape index (κ2) is 14.7. The molecule has 0 heterocycles. The van der Waals surface area contributed by atoms with E-state index < -0.39 is 0 Å². The first-order valence-corrected chi connectivity index (χ1v) is 10.6.